The minimum atomic E-state index is -0.943. The molecule has 5 heteroatoms. The number of ether oxygens (including phenoxy) is 1. The van der Waals surface area contributed by atoms with Crippen LogP contribution >= 0.6 is 0 Å². The van der Waals surface area contributed by atoms with Gasteiger partial charge in [-0.25, -0.2) is 4.79 Å². The van der Waals surface area contributed by atoms with Crippen LogP contribution in [0.25, 0.3) is 0 Å². The van der Waals surface area contributed by atoms with Gasteiger partial charge in [0.15, 0.2) is 11.9 Å². The largest absolute Gasteiger partial charge is 0.449 e. The van der Waals surface area contributed by atoms with Crippen LogP contribution in [0.5, 0.6) is 0 Å². The van der Waals surface area contributed by atoms with Crippen LogP contribution in [-0.2, 0) is 9.53 Å². The third kappa shape index (κ3) is 4.76. The standard InChI is InChI=1S/C20H21NO4/c1-12-5-6-17(11-13(12)2)20(24)25-15(4)19(23)21-18-9-7-16(8-10-18)14(3)22/h5-11,15H,1-4H3,(H,21,23)/t15-/m0/s1. The number of esters is 1. The number of aryl methyl sites for hydroxylation is 2. The van der Waals surface area contributed by atoms with Crippen molar-refractivity contribution in [2.75, 3.05) is 5.32 Å². The maximum absolute atomic E-state index is 12.2. The van der Waals surface area contributed by atoms with Crippen molar-refractivity contribution in [2.24, 2.45) is 0 Å². The molecule has 0 aliphatic heterocycles. The van der Waals surface area contributed by atoms with Crippen LogP contribution in [0.4, 0.5) is 5.69 Å². The molecule has 0 fully saturated rings. The molecule has 2 rings (SSSR count). The van der Waals surface area contributed by atoms with E-state index < -0.39 is 18.0 Å². The molecule has 1 atom stereocenters. The molecule has 5 nitrogen and oxygen atoms in total. The highest BCUT2D eigenvalue weighted by molar-refractivity contribution is 5.98. The van der Waals surface area contributed by atoms with Gasteiger partial charge in [0.2, 0.25) is 0 Å². The molecule has 0 saturated heterocycles. The number of hydrogen-bond donors (Lipinski definition) is 1. The van der Waals surface area contributed by atoms with Crippen molar-refractivity contribution in [3.63, 3.8) is 0 Å². The summed E-state index contributed by atoms with van der Waals surface area (Å²) in [6.07, 6.45) is -0.943. The second-order valence-electron chi connectivity index (χ2n) is 5.97. The highest BCUT2D eigenvalue weighted by Crippen LogP contribution is 2.13. The van der Waals surface area contributed by atoms with Gasteiger partial charge >= 0.3 is 5.97 Å². The van der Waals surface area contributed by atoms with Gasteiger partial charge in [-0.15, -0.1) is 0 Å². The Labute approximate surface area is 147 Å². The Morgan fingerprint density at radius 3 is 2.08 bits per heavy atom. The van der Waals surface area contributed by atoms with Crippen LogP contribution < -0.4 is 5.32 Å². The zero-order valence-electron chi connectivity index (χ0n) is 14.8. The predicted octanol–water partition coefficient (Wildman–Crippen LogP) is 3.69. The van der Waals surface area contributed by atoms with E-state index in [1.54, 1.807) is 36.4 Å². The lowest BCUT2D eigenvalue weighted by Gasteiger charge is -2.14. The Kier molecular flexibility index (Phi) is 5.70. The van der Waals surface area contributed by atoms with E-state index >= 15 is 0 Å². The number of carbonyl (C=O) groups is 3. The normalized spacial score (nSPS) is 11.5. The molecule has 0 aliphatic carbocycles. The molecule has 1 N–H and O–H groups in total. The molecule has 0 saturated carbocycles. The molecule has 0 radical (unpaired) electrons. The Morgan fingerprint density at radius 2 is 1.52 bits per heavy atom. The molecule has 2 aromatic rings. The lowest BCUT2D eigenvalue weighted by Crippen LogP contribution is -2.30. The molecule has 0 heterocycles. The summed E-state index contributed by atoms with van der Waals surface area (Å²) in [6, 6.07) is 11.8. The Hall–Kier alpha value is -2.95. The number of hydrogen-bond acceptors (Lipinski definition) is 4. The van der Waals surface area contributed by atoms with Crippen molar-refractivity contribution < 1.29 is 19.1 Å². The highest BCUT2D eigenvalue weighted by Gasteiger charge is 2.19. The summed E-state index contributed by atoms with van der Waals surface area (Å²) in [5.74, 6) is -1.03. The van der Waals surface area contributed by atoms with E-state index in [0.29, 0.717) is 16.8 Å². The van der Waals surface area contributed by atoms with Crippen molar-refractivity contribution in [1.29, 1.82) is 0 Å². The lowest BCUT2D eigenvalue weighted by atomic mass is 10.1. The summed E-state index contributed by atoms with van der Waals surface area (Å²) in [6.45, 7) is 6.85. The van der Waals surface area contributed by atoms with Gasteiger partial charge in [-0.3, -0.25) is 9.59 Å². The average molecular weight is 339 g/mol. The number of nitrogens with one attached hydrogen (secondary N) is 1. The summed E-state index contributed by atoms with van der Waals surface area (Å²) < 4.78 is 5.22. The zero-order chi connectivity index (χ0) is 18.6. The number of carbonyl (C=O) groups excluding carboxylic acids is 3. The Morgan fingerprint density at radius 1 is 0.920 bits per heavy atom. The molecule has 2 aromatic carbocycles. The van der Waals surface area contributed by atoms with Gasteiger partial charge in [0.05, 0.1) is 5.56 Å². The highest BCUT2D eigenvalue weighted by atomic mass is 16.5. The van der Waals surface area contributed by atoms with Gasteiger partial charge in [0.25, 0.3) is 5.91 Å². The third-order valence-corrected chi connectivity index (χ3v) is 3.95. The van der Waals surface area contributed by atoms with Gasteiger partial charge in [-0.05, 0) is 75.2 Å². The summed E-state index contributed by atoms with van der Waals surface area (Å²) in [5, 5.41) is 2.66. The monoisotopic (exact) mass is 339 g/mol. The van der Waals surface area contributed by atoms with E-state index in [1.807, 2.05) is 19.9 Å². The fourth-order valence-corrected chi connectivity index (χ4v) is 2.18. The number of Topliss-reactive ketones (excluding diaryl/α,β-unsaturated/α-hetero) is 1. The van der Waals surface area contributed by atoms with Crippen LogP contribution in [0.3, 0.4) is 0 Å². The van der Waals surface area contributed by atoms with Gasteiger partial charge in [-0.2, -0.15) is 0 Å². The van der Waals surface area contributed by atoms with Gasteiger partial charge in [0, 0.05) is 11.3 Å². The van der Waals surface area contributed by atoms with Crippen LogP contribution in [0.1, 0.15) is 45.7 Å². The first-order valence-corrected chi connectivity index (χ1v) is 7.98. The minimum absolute atomic E-state index is 0.0476. The first kappa shape index (κ1) is 18.4. The van der Waals surface area contributed by atoms with Crippen LogP contribution in [0, 0.1) is 13.8 Å². The Bertz CT molecular complexity index is 809. The zero-order valence-corrected chi connectivity index (χ0v) is 14.8. The predicted molar refractivity (Wildman–Crippen MR) is 95.9 cm³/mol. The van der Waals surface area contributed by atoms with Crippen molar-refractivity contribution in [3.05, 3.63) is 64.7 Å². The summed E-state index contributed by atoms with van der Waals surface area (Å²) in [7, 11) is 0. The number of benzene rings is 2. The molecular weight excluding hydrogens is 318 g/mol. The number of ketones is 1. The number of rotatable bonds is 5. The topological polar surface area (TPSA) is 72.5 Å². The summed E-state index contributed by atoms with van der Waals surface area (Å²) >= 11 is 0. The second-order valence-corrected chi connectivity index (χ2v) is 5.97. The van der Waals surface area contributed by atoms with Crippen LogP contribution in [0.2, 0.25) is 0 Å². The molecule has 0 spiro atoms. The molecule has 0 unspecified atom stereocenters. The van der Waals surface area contributed by atoms with Gasteiger partial charge in [0.1, 0.15) is 0 Å². The van der Waals surface area contributed by atoms with Gasteiger partial charge in [-0.1, -0.05) is 6.07 Å². The molecular formula is C20H21NO4. The van der Waals surface area contributed by atoms with Crippen LogP contribution in [-0.4, -0.2) is 23.8 Å². The first-order valence-electron chi connectivity index (χ1n) is 7.98. The molecule has 25 heavy (non-hydrogen) atoms. The van der Waals surface area contributed by atoms with E-state index in [2.05, 4.69) is 5.32 Å². The van der Waals surface area contributed by atoms with E-state index in [-0.39, 0.29) is 5.78 Å². The summed E-state index contributed by atoms with van der Waals surface area (Å²) in [5.41, 5.74) is 3.57. The maximum atomic E-state index is 12.2. The van der Waals surface area contributed by atoms with Crippen molar-refractivity contribution in [1.82, 2.24) is 0 Å². The fourth-order valence-electron chi connectivity index (χ4n) is 2.18. The second kappa shape index (κ2) is 7.75. The lowest BCUT2D eigenvalue weighted by molar-refractivity contribution is -0.123. The maximum Gasteiger partial charge on any atom is 0.338 e. The van der Waals surface area contributed by atoms with E-state index in [1.165, 1.54) is 13.8 Å². The van der Waals surface area contributed by atoms with Crippen molar-refractivity contribution in [2.45, 2.75) is 33.8 Å². The minimum Gasteiger partial charge on any atom is -0.449 e. The SMILES string of the molecule is CC(=O)c1ccc(NC(=O)[C@H](C)OC(=O)c2ccc(C)c(C)c2)cc1. The van der Waals surface area contributed by atoms with Gasteiger partial charge < -0.3 is 10.1 Å². The molecule has 0 aliphatic rings. The molecule has 0 aromatic heterocycles. The van der Waals surface area contributed by atoms with E-state index in [4.69, 9.17) is 4.74 Å². The molecule has 130 valence electrons. The molecule has 1 amide bonds. The number of anilines is 1. The number of amides is 1. The average Bonchev–Trinajstić information content (AvgIpc) is 2.57. The molecule has 0 bridgehead atoms. The van der Waals surface area contributed by atoms with Crippen LogP contribution in [0.15, 0.2) is 42.5 Å². The first-order chi connectivity index (χ1) is 11.8. The third-order valence-electron chi connectivity index (χ3n) is 3.95. The quantitative estimate of drug-likeness (QED) is 0.666. The van der Waals surface area contributed by atoms with E-state index in [0.717, 1.165) is 11.1 Å². The van der Waals surface area contributed by atoms with Crippen molar-refractivity contribution in [3.8, 4) is 0 Å². The van der Waals surface area contributed by atoms with Crippen molar-refractivity contribution >= 4 is 23.3 Å². The summed E-state index contributed by atoms with van der Waals surface area (Å²) in [4.78, 5) is 35.6. The van der Waals surface area contributed by atoms with E-state index in [9.17, 15) is 14.4 Å². The Balaban J connectivity index is 1.98. The fraction of sp³-hybridized carbons (Fsp3) is 0.250. The smallest absolute Gasteiger partial charge is 0.338 e.